The zero-order valence-corrected chi connectivity index (χ0v) is 18.1. The Labute approximate surface area is 184 Å². The van der Waals surface area contributed by atoms with Crippen molar-refractivity contribution in [3.8, 4) is 6.07 Å². The summed E-state index contributed by atoms with van der Waals surface area (Å²) < 4.78 is 5.10. The summed E-state index contributed by atoms with van der Waals surface area (Å²) in [5.74, 6) is 0.150. The van der Waals surface area contributed by atoms with Crippen molar-refractivity contribution in [1.29, 1.82) is 5.26 Å². The first-order valence-electron chi connectivity index (χ1n) is 11.0. The Hall–Kier alpha value is -2.97. The van der Waals surface area contributed by atoms with Gasteiger partial charge in [0.25, 0.3) is 0 Å². The van der Waals surface area contributed by atoms with Crippen molar-refractivity contribution < 1.29 is 14.3 Å². The summed E-state index contributed by atoms with van der Waals surface area (Å²) >= 11 is 0. The van der Waals surface area contributed by atoms with Crippen LogP contribution in [0.5, 0.6) is 0 Å². The lowest BCUT2D eigenvalue weighted by Gasteiger charge is -2.19. The number of hydrogen-bond donors (Lipinski definition) is 0. The topological polar surface area (TPSA) is 70.4 Å². The van der Waals surface area contributed by atoms with E-state index in [1.165, 1.54) is 11.1 Å². The third-order valence-corrected chi connectivity index (χ3v) is 5.88. The van der Waals surface area contributed by atoms with Gasteiger partial charge < -0.3 is 9.53 Å². The van der Waals surface area contributed by atoms with Gasteiger partial charge >= 0.3 is 5.97 Å². The Bertz CT molecular complexity index is 900. The number of cyclic esters (lactones) is 1. The van der Waals surface area contributed by atoms with Gasteiger partial charge in [0, 0.05) is 18.9 Å². The van der Waals surface area contributed by atoms with Gasteiger partial charge in [-0.25, -0.2) is 0 Å². The van der Waals surface area contributed by atoms with E-state index in [-0.39, 0.29) is 18.0 Å². The van der Waals surface area contributed by atoms with E-state index in [1.54, 1.807) is 12.1 Å². The lowest BCUT2D eigenvalue weighted by Crippen LogP contribution is -2.24. The van der Waals surface area contributed by atoms with Crippen LogP contribution in [0.3, 0.4) is 0 Å². The Balaban J connectivity index is 0.000000179. The van der Waals surface area contributed by atoms with Crippen LogP contribution in [0.15, 0.2) is 48.5 Å². The lowest BCUT2D eigenvalue weighted by atomic mass is 10.0. The first-order valence-corrected chi connectivity index (χ1v) is 11.0. The molecule has 0 aliphatic carbocycles. The van der Waals surface area contributed by atoms with Crippen molar-refractivity contribution in [3.63, 3.8) is 0 Å². The van der Waals surface area contributed by atoms with E-state index in [1.807, 2.05) is 18.2 Å². The van der Waals surface area contributed by atoms with Crippen LogP contribution in [0.1, 0.15) is 60.5 Å². The molecule has 5 heteroatoms. The maximum Gasteiger partial charge on any atom is 0.306 e. The summed E-state index contributed by atoms with van der Waals surface area (Å²) in [4.78, 5) is 24.1. The SMILES string of the molecule is Cc1ccc(CN2CCCC(C=O)CC2)cc1.N#Cc1ccc([C@@H]2CCC(=O)O2)cc1. The van der Waals surface area contributed by atoms with E-state index in [9.17, 15) is 9.59 Å². The molecule has 1 unspecified atom stereocenters. The summed E-state index contributed by atoms with van der Waals surface area (Å²) in [5, 5.41) is 8.60. The lowest BCUT2D eigenvalue weighted by molar-refractivity contribution is -0.141. The number of carbonyl (C=O) groups is 2. The fourth-order valence-corrected chi connectivity index (χ4v) is 3.96. The molecule has 5 nitrogen and oxygen atoms in total. The van der Waals surface area contributed by atoms with Gasteiger partial charge in [0.05, 0.1) is 11.6 Å². The van der Waals surface area contributed by atoms with E-state index in [0.29, 0.717) is 12.0 Å². The second-order valence-electron chi connectivity index (χ2n) is 8.34. The van der Waals surface area contributed by atoms with Crippen LogP contribution in [-0.2, 0) is 20.9 Å². The molecule has 0 bridgehead atoms. The van der Waals surface area contributed by atoms with Crippen LogP contribution in [0.25, 0.3) is 0 Å². The summed E-state index contributed by atoms with van der Waals surface area (Å²) in [6.07, 6.45) is 5.48. The van der Waals surface area contributed by atoms with Gasteiger partial charge in [-0.05, 0) is 69.0 Å². The van der Waals surface area contributed by atoms with Crippen LogP contribution in [-0.4, -0.2) is 30.2 Å². The van der Waals surface area contributed by atoms with Crippen LogP contribution < -0.4 is 0 Å². The highest BCUT2D eigenvalue weighted by atomic mass is 16.5. The van der Waals surface area contributed by atoms with E-state index < -0.39 is 0 Å². The van der Waals surface area contributed by atoms with Crippen molar-refractivity contribution in [1.82, 2.24) is 4.90 Å². The number of nitriles is 1. The number of hydrogen-bond acceptors (Lipinski definition) is 5. The molecule has 162 valence electrons. The van der Waals surface area contributed by atoms with Gasteiger partial charge in [0.1, 0.15) is 12.4 Å². The molecule has 2 aromatic carbocycles. The molecule has 0 spiro atoms. The van der Waals surface area contributed by atoms with Gasteiger partial charge in [0.15, 0.2) is 0 Å². The minimum Gasteiger partial charge on any atom is -0.457 e. The standard InChI is InChI=1S/C15H21NO.C11H9NO2/c1-13-4-6-14(7-5-13)11-16-9-2-3-15(12-17)8-10-16;12-7-8-1-3-9(4-2-8)10-5-6-11(13)14-10/h4-7,12,15H,2-3,8-11H2,1H3;1-4,10H,5-6H2/t;10-/m.0/s1. The van der Waals surface area contributed by atoms with Gasteiger partial charge in [-0.15, -0.1) is 0 Å². The molecule has 2 fully saturated rings. The smallest absolute Gasteiger partial charge is 0.306 e. The Morgan fingerprint density at radius 3 is 2.42 bits per heavy atom. The maximum atomic E-state index is 10.9. The fourth-order valence-electron chi connectivity index (χ4n) is 3.96. The molecule has 0 aromatic heterocycles. The van der Waals surface area contributed by atoms with Crippen molar-refractivity contribution in [2.45, 2.75) is 51.7 Å². The molecule has 2 atom stereocenters. The van der Waals surface area contributed by atoms with Crippen molar-refractivity contribution >= 4 is 12.3 Å². The highest BCUT2D eigenvalue weighted by molar-refractivity contribution is 5.71. The highest BCUT2D eigenvalue weighted by Crippen LogP contribution is 2.29. The van der Waals surface area contributed by atoms with E-state index in [4.69, 9.17) is 10.00 Å². The van der Waals surface area contributed by atoms with Crippen molar-refractivity contribution in [2.24, 2.45) is 5.92 Å². The molecule has 2 aliphatic rings. The third-order valence-electron chi connectivity index (χ3n) is 5.88. The molecule has 2 aliphatic heterocycles. The molecule has 2 heterocycles. The van der Waals surface area contributed by atoms with Gasteiger partial charge in [-0.3, -0.25) is 9.69 Å². The predicted octanol–water partition coefficient (Wildman–Crippen LogP) is 4.73. The van der Waals surface area contributed by atoms with Crippen LogP contribution >= 0.6 is 0 Å². The summed E-state index contributed by atoms with van der Waals surface area (Å²) in [6.45, 7) is 5.31. The first-order chi connectivity index (χ1) is 15.1. The Morgan fingerprint density at radius 1 is 1.06 bits per heavy atom. The largest absolute Gasteiger partial charge is 0.457 e. The molecule has 0 saturated carbocycles. The number of esters is 1. The van der Waals surface area contributed by atoms with Crippen molar-refractivity contribution in [3.05, 3.63) is 70.8 Å². The third kappa shape index (κ3) is 7.04. The monoisotopic (exact) mass is 418 g/mol. The summed E-state index contributed by atoms with van der Waals surface area (Å²) in [7, 11) is 0. The fraction of sp³-hybridized carbons (Fsp3) is 0.423. The molecule has 2 aromatic rings. The number of nitrogens with zero attached hydrogens (tertiary/aromatic N) is 2. The van der Waals surface area contributed by atoms with E-state index >= 15 is 0 Å². The van der Waals surface area contributed by atoms with Crippen LogP contribution in [0.4, 0.5) is 0 Å². The maximum absolute atomic E-state index is 10.9. The molecule has 31 heavy (non-hydrogen) atoms. The van der Waals surface area contributed by atoms with Crippen LogP contribution in [0, 0.1) is 24.2 Å². The number of benzene rings is 2. The Kier molecular flexibility index (Phi) is 8.37. The molecule has 0 amide bonds. The molecule has 2 saturated heterocycles. The Morgan fingerprint density at radius 2 is 1.81 bits per heavy atom. The number of ether oxygens (including phenoxy) is 1. The van der Waals surface area contributed by atoms with E-state index in [0.717, 1.165) is 57.2 Å². The predicted molar refractivity (Wildman–Crippen MR) is 119 cm³/mol. The first kappa shape index (κ1) is 22.7. The van der Waals surface area contributed by atoms with Gasteiger partial charge in [-0.1, -0.05) is 42.0 Å². The second kappa shape index (κ2) is 11.4. The van der Waals surface area contributed by atoms with E-state index in [2.05, 4.69) is 36.1 Å². The molecular formula is C26H30N2O3. The average molecular weight is 419 g/mol. The molecule has 0 radical (unpaired) electrons. The quantitative estimate of drug-likeness (QED) is 0.530. The molecule has 4 rings (SSSR count). The van der Waals surface area contributed by atoms with Gasteiger partial charge in [0.2, 0.25) is 0 Å². The molecular weight excluding hydrogens is 388 g/mol. The minimum absolute atomic E-state index is 0.116. The van der Waals surface area contributed by atoms with Gasteiger partial charge in [-0.2, -0.15) is 5.26 Å². The number of carbonyl (C=O) groups excluding carboxylic acids is 2. The average Bonchev–Trinajstić information content (AvgIpc) is 3.10. The summed E-state index contributed by atoms with van der Waals surface area (Å²) in [6, 6.07) is 17.9. The zero-order chi connectivity index (χ0) is 22.1. The normalized spacial score (nSPS) is 21.2. The number of rotatable bonds is 4. The van der Waals surface area contributed by atoms with Crippen LogP contribution in [0.2, 0.25) is 0 Å². The minimum atomic E-state index is -0.139. The zero-order valence-electron chi connectivity index (χ0n) is 18.1. The second-order valence-corrected chi connectivity index (χ2v) is 8.34. The summed E-state index contributed by atoms with van der Waals surface area (Å²) in [5.41, 5.74) is 4.28. The number of aldehydes is 1. The molecule has 0 N–H and O–H groups in total. The highest BCUT2D eigenvalue weighted by Gasteiger charge is 2.24. The number of aryl methyl sites for hydroxylation is 1. The number of likely N-dealkylation sites (tertiary alicyclic amines) is 1. The van der Waals surface area contributed by atoms with Crippen molar-refractivity contribution in [2.75, 3.05) is 13.1 Å².